The van der Waals surface area contributed by atoms with Crippen molar-refractivity contribution in [3.05, 3.63) is 52.8 Å². The van der Waals surface area contributed by atoms with Gasteiger partial charge in [-0.2, -0.15) is 5.10 Å². The summed E-state index contributed by atoms with van der Waals surface area (Å²) in [5.41, 5.74) is 1.49. The van der Waals surface area contributed by atoms with Crippen LogP contribution in [0, 0.1) is 0 Å². The first-order valence-electron chi connectivity index (χ1n) is 8.51. The van der Waals surface area contributed by atoms with E-state index in [1.165, 1.54) is 5.56 Å². The Labute approximate surface area is 151 Å². The SMILES string of the molecule is Cn1cc(Cl)c(C(=O)N[C@@H]2C[C@H]3CO[C@@H](c4ccccc4)CN3C2)n1. The molecule has 2 aliphatic rings. The van der Waals surface area contributed by atoms with Crippen molar-refractivity contribution in [2.24, 2.45) is 7.05 Å². The van der Waals surface area contributed by atoms with Crippen LogP contribution in [-0.2, 0) is 11.8 Å². The second-order valence-corrected chi connectivity index (χ2v) is 7.15. The number of halogens is 1. The number of carbonyl (C=O) groups is 1. The van der Waals surface area contributed by atoms with E-state index < -0.39 is 0 Å². The number of morpholine rings is 1. The highest BCUT2D eigenvalue weighted by atomic mass is 35.5. The third-order valence-electron chi connectivity index (χ3n) is 4.92. The molecule has 25 heavy (non-hydrogen) atoms. The zero-order valence-corrected chi connectivity index (χ0v) is 14.8. The Hall–Kier alpha value is -1.89. The molecular weight excluding hydrogens is 340 g/mol. The largest absolute Gasteiger partial charge is 0.371 e. The van der Waals surface area contributed by atoms with Crippen molar-refractivity contribution in [3.63, 3.8) is 0 Å². The molecule has 2 aromatic rings. The van der Waals surface area contributed by atoms with Crippen LogP contribution in [0.15, 0.2) is 36.5 Å². The molecule has 2 fully saturated rings. The maximum Gasteiger partial charge on any atom is 0.273 e. The molecule has 0 aliphatic carbocycles. The van der Waals surface area contributed by atoms with E-state index in [1.54, 1.807) is 17.9 Å². The van der Waals surface area contributed by atoms with E-state index in [9.17, 15) is 4.79 Å². The topological polar surface area (TPSA) is 59.4 Å². The molecule has 0 radical (unpaired) electrons. The lowest BCUT2D eigenvalue weighted by Crippen LogP contribution is -2.43. The first kappa shape index (κ1) is 16.6. The van der Waals surface area contributed by atoms with Gasteiger partial charge in [-0.15, -0.1) is 0 Å². The minimum Gasteiger partial charge on any atom is -0.371 e. The zero-order chi connectivity index (χ0) is 17.4. The lowest BCUT2D eigenvalue weighted by Gasteiger charge is -2.35. The molecular formula is C18H21ClN4O2. The number of nitrogens with one attached hydrogen (secondary N) is 1. The summed E-state index contributed by atoms with van der Waals surface area (Å²) < 4.78 is 7.60. The molecule has 0 bridgehead atoms. The second kappa shape index (κ2) is 6.78. The van der Waals surface area contributed by atoms with Crippen LogP contribution >= 0.6 is 11.6 Å². The van der Waals surface area contributed by atoms with Crippen molar-refractivity contribution in [1.29, 1.82) is 0 Å². The summed E-state index contributed by atoms with van der Waals surface area (Å²) in [4.78, 5) is 14.8. The van der Waals surface area contributed by atoms with Gasteiger partial charge < -0.3 is 10.1 Å². The van der Waals surface area contributed by atoms with Gasteiger partial charge >= 0.3 is 0 Å². The lowest BCUT2D eigenvalue weighted by molar-refractivity contribution is -0.0502. The number of amides is 1. The summed E-state index contributed by atoms with van der Waals surface area (Å²) in [7, 11) is 1.75. The number of aryl methyl sites for hydroxylation is 1. The fourth-order valence-corrected chi connectivity index (χ4v) is 3.98. The minimum absolute atomic E-state index is 0.0914. The number of ether oxygens (including phenoxy) is 1. The summed E-state index contributed by atoms with van der Waals surface area (Å²) in [6, 6.07) is 10.7. The molecule has 4 rings (SSSR count). The van der Waals surface area contributed by atoms with Gasteiger partial charge in [0, 0.05) is 38.4 Å². The molecule has 1 aromatic heterocycles. The molecule has 2 saturated heterocycles. The van der Waals surface area contributed by atoms with Crippen molar-refractivity contribution in [3.8, 4) is 0 Å². The summed E-state index contributed by atoms with van der Waals surface area (Å²) in [6.45, 7) is 2.37. The number of carbonyl (C=O) groups excluding carboxylic acids is 1. The Morgan fingerprint density at radius 3 is 2.84 bits per heavy atom. The number of nitrogens with zero attached hydrogens (tertiary/aromatic N) is 3. The average Bonchev–Trinajstić information content (AvgIpc) is 3.16. The number of benzene rings is 1. The van der Waals surface area contributed by atoms with E-state index in [0.717, 1.165) is 19.5 Å². The van der Waals surface area contributed by atoms with Crippen LogP contribution < -0.4 is 5.32 Å². The first-order chi connectivity index (χ1) is 12.1. The summed E-state index contributed by atoms with van der Waals surface area (Å²) in [5, 5.41) is 7.57. The highest BCUT2D eigenvalue weighted by molar-refractivity contribution is 6.33. The zero-order valence-electron chi connectivity index (χ0n) is 14.1. The predicted molar refractivity (Wildman–Crippen MR) is 94.6 cm³/mol. The molecule has 2 aliphatic heterocycles. The molecule has 0 spiro atoms. The van der Waals surface area contributed by atoms with E-state index in [1.807, 2.05) is 18.2 Å². The monoisotopic (exact) mass is 360 g/mol. The highest BCUT2D eigenvalue weighted by Gasteiger charge is 2.38. The maximum atomic E-state index is 12.4. The summed E-state index contributed by atoms with van der Waals surface area (Å²) >= 11 is 6.06. The van der Waals surface area contributed by atoms with Crippen molar-refractivity contribution in [2.75, 3.05) is 19.7 Å². The van der Waals surface area contributed by atoms with Crippen molar-refractivity contribution >= 4 is 17.5 Å². The van der Waals surface area contributed by atoms with Gasteiger partial charge in [-0.25, -0.2) is 0 Å². The van der Waals surface area contributed by atoms with Crippen LogP contribution in [0.4, 0.5) is 0 Å². The second-order valence-electron chi connectivity index (χ2n) is 6.75. The Bertz CT molecular complexity index is 764. The number of hydrogen-bond acceptors (Lipinski definition) is 4. The number of rotatable bonds is 3. The fourth-order valence-electron chi connectivity index (χ4n) is 3.72. The third-order valence-corrected chi connectivity index (χ3v) is 5.20. The van der Waals surface area contributed by atoms with Crippen LogP contribution in [0.5, 0.6) is 0 Å². The van der Waals surface area contributed by atoms with Crippen molar-refractivity contribution in [1.82, 2.24) is 20.0 Å². The van der Waals surface area contributed by atoms with Crippen molar-refractivity contribution in [2.45, 2.75) is 24.6 Å². The number of fused-ring (bicyclic) bond motifs is 1. The minimum atomic E-state index is -0.212. The molecule has 132 valence electrons. The standard InChI is InChI=1S/C18H21ClN4O2/c1-22-9-15(19)17(21-22)18(24)20-13-7-14-11-25-16(10-23(14)8-13)12-5-3-2-4-6-12/h2-6,9,13-14,16H,7-8,10-11H2,1H3,(H,20,24)/t13-,14+,16-/m1/s1. The van der Waals surface area contributed by atoms with E-state index in [2.05, 4.69) is 27.4 Å². The van der Waals surface area contributed by atoms with Gasteiger partial charge in [0.15, 0.2) is 5.69 Å². The van der Waals surface area contributed by atoms with Crippen LogP contribution in [-0.4, -0.2) is 52.4 Å². The van der Waals surface area contributed by atoms with E-state index in [0.29, 0.717) is 17.7 Å². The molecule has 6 nitrogen and oxygen atoms in total. The Kier molecular flexibility index (Phi) is 4.50. The van der Waals surface area contributed by atoms with Crippen molar-refractivity contribution < 1.29 is 9.53 Å². The molecule has 0 saturated carbocycles. The van der Waals surface area contributed by atoms with Gasteiger partial charge in [-0.3, -0.25) is 14.4 Å². The smallest absolute Gasteiger partial charge is 0.273 e. The van der Waals surface area contributed by atoms with Crippen LogP contribution in [0.25, 0.3) is 0 Å². The predicted octanol–water partition coefficient (Wildman–Crippen LogP) is 2.02. The lowest BCUT2D eigenvalue weighted by atomic mass is 10.1. The average molecular weight is 361 g/mol. The van der Waals surface area contributed by atoms with E-state index >= 15 is 0 Å². The van der Waals surface area contributed by atoms with Gasteiger partial charge in [0.1, 0.15) is 0 Å². The highest BCUT2D eigenvalue weighted by Crippen LogP contribution is 2.30. The van der Waals surface area contributed by atoms with Gasteiger partial charge in [0.2, 0.25) is 0 Å². The number of hydrogen-bond donors (Lipinski definition) is 1. The van der Waals surface area contributed by atoms with Crippen LogP contribution in [0.1, 0.15) is 28.6 Å². The molecule has 1 N–H and O–H groups in total. The summed E-state index contributed by atoms with van der Waals surface area (Å²) in [5.74, 6) is -0.212. The molecule has 1 aromatic carbocycles. The molecule has 3 atom stereocenters. The Balaban J connectivity index is 1.38. The van der Waals surface area contributed by atoms with Crippen LogP contribution in [0.2, 0.25) is 5.02 Å². The fraction of sp³-hybridized carbons (Fsp3) is 0.444. The number of aromatic nitrogens is 2. The maximum absolute atomic E-state index is 12.4. The molecule has 3 heterocycles. The molecule has 7 heteroatoms. The third kappa shape index (κ3) is 3.42. The Morgan fingerprint density at radius 2 is 2.12 bits per heavy atom. The molecule has 1 amide bonds. The van der Waals surface area contributed by atoms with Crippen LogP contribution in [0.3, 0.4) is 0 Å². The first-order valence-corrected chi connectivity index (χ1v) is 8.88. The van der Waals surface area contributed by atoms with Gasteiger partial charge in [0.05, 0.1) is 17.7 Å². The normalized spacial score (nSPS) is 26.4. The van der Waals surface area contributed by atoms with E-state index in [-0.39, 0.29) is 23.7 Å². The van der Waals surface area contributed by atoms with E-state index in [4.69, 9.17) is 16.3 Å². The molecule has 0 unspecified atom stereocenters. The van der Waals surface area contributed by atoms with Gasteiger partial charge in [-0.1, -0.05) is 41.9 Å². The van der Waals surface area contributed by atoms with Gasteiger partial charge in [0.25, 0.3) is 5.91 Å². The quantitative estimate of drug-likeness (QED) is 0.909. The Morgan fingerprint density at radius 1 is 1.32 bits per heavy atom. The summed E-state index contributed by atoms with van der Waals surface area (Å²) in [6.07, 6.45) is 2.61. The van der Waals surface area contributed by atoms with Gasteiger partial charge in [-0.05, 0) is 12.0 Å².